The number of hydrogen-bond acceptors (Lipinski definition) is 5. The second-order valence-corrected chi connectivity index (χ2v) is 5.41. The van der Waals surface area contributed by atoms with Crippen molar-refractivity contribution in [1.82, 2.24) is 15.0 Å². The van der Waals surface area contributed by atoms with E-state index in [1.165, 1.54) is 6.33 Å². The van der Waals surface area contributed by atoms with Crippen LogP contribution in [0, 0.1) is 6.92 Å². The zero-order chi connectivity index (χ0) is 16.1. The van der Waals surface area contributed by atoms with Gasteiger partial charge in [0.2, 0.25) is 0 Å². The van der Waals surface area contributed by atoms with Crippen LogP contribution in [-0.4, -0.2) is 15.0 Å². The van der Waals surface area contributed by atoms with E-state index in [-0.39, 0.29) is 0 Å². The molecular formula is C17H16ClN5. The van der Waals surface area contributed by atoms with Crippen LogP contribution in [0.5, 0.6) is 0 Å². The molecule has 0 aliphatic rings. The summed E-state index contributed by atoms with van der Waals surface area (Å²) in [6.45, 7) is 2.57. The predicted molar refractivity (Wildman–Crippen MR) is 93.1 cm³/mol. The van der Waals surface area contributed by atoms with Crippen LogP contribution in [0.4, 0.5) is 17.3 Å². The molecule has 2 aromatic heterocycles. The fraction of sp³-hybridized carbons (Fsp3) is 0.118. The number of hydrogen-bond donors (Lipinski definition) is 2. The van der Waals surface area contributed by atoms with Crippen molar-refractivity contribution in [3.05, 3.63) is 71.3 Å². The van der Waals surface area contributed by atoms with Crippen molar-refractivity contribution in [2.24, 2.45) is 0 Å². The van der Waals surface area contributed by atoms with Crippen molar-refractivity contribution >= 4 is 28.9 Å². The molecule has 0 unspecified atom stereocenters. The number of nitrogens with zero attached hydrogens (tertiary/aromatic N) is 3. The molecule has 0 spiro atoms. The van der Waals surface area contributed by atoms with Gasteiger partial charge in [-0.05, 0) is 36.8 Å². The average molecular weight is 326 g/mol. The summed E-state index contributed by atoms with van der Waals surface area (Å²) in [5.41, 5.74) is 2.86. The van der Waals surface area contributed by atoms with Crippen molar-refractivity contribution in [2.45, 2.75) is 13.5 Å². The Labute approximate surface area is 139 Å². The van der Waals surface area contributed by atoms with E-state index in [4.69, 9.17) is 11.6 Å². The topological polar surface area (TPSA) is 62.7 Å². The highest BCUT2D eigenvalue weighted by atomic mass is 35.5. The van der Waals surface area contributed by atoms with Crippen molar-refractivity contribution in [3.8, 4) is 0 Å². The molecule has 1 aromatic carbocycles. The Balaban J connectivity index is 1.71. The fourth-order valence-electron chi connectivity index (χ4n) is 2.09. The summed E-state index contributed by atoms with van der Waals surface area (Å²) in [6.07, 6.45) is 3.29. The van der Waals surface area contributed by atoms with Crippen LogP contribution in [-0.2, 0) is 6.54 Å². The summed E-state index contributed by atoms with van der Waals surface area (Å²) < 4.78 is 0. The fourth-order valence-corrected chi connectivity index (χ4v) is 2.26. The van der Waals surface area contributed by atoms with E-state index in [0.717, 1.165) is 27.8 Å². The van der Waals surface area contributed by atoms with Crippen LogP contribution in [0.15, 0.2) is 55.0 Å². The molecule has 0 saturated heterocycles. The minimum absolute atomic E-state index is 0.605. The van der Waals surface area contributed by atoms with E-state index in [2.05, 4.69) is 25.6 Å². The summed E-state index contributed by atoms with van der Waals surface area (Å²) in [7, 11) is 0. The molecule has 0 aliphatic heterocycles. The van der Waals surface area contributed by atoms with Crippen molar-refractivity contribution < 1.29 is 0 Å². The third-order valence-electron chi connectivity index (χ3n) is 3.37. The molecule has 2 heterocycles. The second-order valence-electron chi connectivity index (χ2n) is 5.00. The minimum atomic E-state index is 0.605. The molecule has 0 saturated carbocycles. The first-order valence-electron chi connectivity index (χ1n) is 7.20. The highest BCUT2D eigenvalue weighted by Gasteiger charge is 2.04. The molecule has 116 valence electrons. The van der Waals surface area contributed by atoms with Crippen LogP contribution >= 0.6 is 11.6 Å². The molecule has 0 fully saturated rings. The first-order chi connectivity index (χ1) is 11.2. The number of pyridine rings is 1. The zero-order valence-electron chi connectivity index (χ0n) is 12.6. The summed E-state index contributed by atoms with van der Waals surface area (Å²) in [5, 5.41) is 7.21. The van der Waals surface area contributed by atoms with Gasteiger partial charge in [-0.3, -0.25) is 4.98 Å². The lowest BCUT2D eigenvalue weighted by atomic mass is 10.2. The van der Waals surface area contributed by atoms with Gasteiger partial charge in [0.25, 0.3) is 0 Å². The summed E-state index contributed by atoms with van der Waals surface area (Å²) in [6, 6.07) is 13.4. The lowest BCUT2D eigenvalue weighted by Crippen LogP contribution is -2.04. The van der Waals surface area contributed by atoms with Gasteiger partial charge in [-0.15, -0.1) is 0 Å². The van der Waals surface area contributed by atoms with Gasteiger partial charge in [-0.25, -0.2) is 9.97 Å². The van der Waals surface area contributed by atoms with E-state index in [1.54, 1.807) is 6.20 Å². The molecule has 23 heavy (non-hydrogen) atoms. The molecule has 2 N–H and O–H groups in total. The van der Waals surface area contributed by atoms with E-state index in [1.807, 2.05) is 49.4 Å². The Kier molecular flexibility index (Phi) is 4.68. The van der Waals surface area contributed by atoms with Gasteiger partial charge in [0, 0.05) is 23.0 Å². The maximum atomic E-state index is 6.14. The Morgan fingerprint density at radius 1 is 1.00 bits per heavy atom. The Hall–Kier alpha value is -2.66. The monoisotopic (exact) mass is 325 g/mol. The number of aromatic nitrogens is 3. The maximum Gasteiger partial charge on any atom is 0.135 e. The van der Waals surface area contributed by atoms with Crippen LogP contribution in [0.2, 0.25) is 5.02 Å². The zero-order valence-corrected chi connectivity index (χ0v) is 13.4. The summed E-state index contributed by atoms with van der Waals surface area (Å²) in [4.78, 5) is 12.7. The van der Waals surface area contributed by atoms with Gasteiger partial charge >= 0.3 is 0 Å². The highest BCUT2D eigenvalue weighted by molar-refractivity contribution is 6.31. The molecule has 0 amide bonds. The van der Waals surface area contributed by atoms with Crippen LogP contribution in [0.25, 0.3) is 0 Å². The first-order valence-corrected chi connectivity index (χ1v) is 7.58. The molecule has 0 radical (unpaired) electrons. The first kappa shape index (κ1) is 15.2. The smallest absolute Gasteiger partial charge is 0.135 e. The van der Waals surface area contributed by atoms with Gasteiger partial charge in [-0.2, -0.15) is 0 Å². The van der Waals surface area contributed by atoms with Crippen LogP contribution < -0.4 is 10.6 Å². The molecule has 3 rings (SSSR count). The molecule has 0 atom stereocenters. The van der Waals surface area contributed by atoms with E-state index in [9.17, 15) is 0 Å². The number of anilines is 3. The predicted octanol–water partition coefficient (Wildman–Crippen LogP) is 4.19. The average Bonchev–Trinajstić information content (AvgIpc) is 2.59. The van der Waals surface area contributed by atoms with E-state index >= 15 is 0 Å². The number of halogens is 1. The van der Waals surface area contributed by atoms with Crippen LogP contribution in [0.1, 0.15) is 11.3 Å². The van der Waals surface area contributed by atoms with Crippen LogP contribution in [0.3, 0.4) is 0 Å². The number of rotatable bonds is 5. The molecule has 5 nitrogen and oxygen atoms in total. The van der Waals surface area contributed by atoms with Crippen molar-refractivity contribution in [2.75, 3.05) is 10.6 Å². The highest BCUT2D eigenvalue weighted by Crippen LogP contribution is 2.25. The Morgan fingerprint density at radius 2 is 1.87 bits per heavy atom. The third-order valence-corrected chi connectivity index (χ3v) is 3.78. The molecule has 3 aromatic rings. The van der Waals surface area contributed by atoms with Gasteiger partial charge in [0.1, 0.15) is 18.0 Å². The number of nitrogens with one attached hydrogen (secondary N) is 2. The minimum Gasteiger partial charge on any atom is -0.364 e. The summed E-state index contributed by atoms with van der Waals surface area (Å²) >= 11 is 6.14. The molecule has 6 heteroatoms. The van der Waals surface area contributed by atoms with Gasteiger partial charge < -0.3 is 10.6 Å². The van der Waals surface area contributed by atoms with E-state index < -0.39 is 0 Å². The van der Waals surface area contributed by atoms with E-state index in [0.29, 0.717) is 12.4 Å². The van der Waals surface area contributed by atoms with Crippen molar-refractivity contribution in [1.29, 1.82) is 0 Å². The Morgan fingerprint density at radius 3 is 2.70 bits per heavy atom. The lowest BCUT2D eigenvalue weighted by Gasteiger charge is -2.11. The molecule has 0 bridgehead atoms. The normalized spacial score (nSPS) is 10.3. The quantitative estimate of drug-likeness (QED) is 0.736. The van der Waals surface area contributed by atoms with Gasteiger partial charge in [0.05, 0.1) is 12.2 Å². The largest absolute Gasteiger partial charge is 0.364 e. The van der Waals surface area contributed by atoms with Gasteiger partial charge in [-0.1, -0.05) is 23.7 Å². The van der Waals surface area contributed by atoms with Gasteiger partial charge in [0.15, 0.2) is 0 Å². The molecule has 0 aliphatic carbocycles. The maximum absolute atomic E-state index is 6.14. The summed E-state index contributed by atoms with van der Waals surface area (Å²) in [5.74, 6) is 1.43. The standard InChI is InChI=1S/C17H16ClN5/c1-12-14(18)6-4-7-15(12)23-17-9-16(21-11-22-17)20-10-13-5-2-3-8-19-13/h2-9,11H,10H2,1H3,(H2,20,21,22,23). The number of benzene rings is 1. The second kappa shape index (κ2) is 7.07. The SMILES string of the molecule is Cc1c(Cl)cccc1Nc1cc(NCc2ccccn2)ncn1. The molecular weight excluding hydrogens is 310 g/mol. The van der Waals surface area contributed by atoms with Crippen molar-refractivity contribution in [3.63, 3.8) is 0 Å². The Bertz CT molecular complexity index is 792. The lowest BCUT2D eigenvalue weighted by molar-refractivity contribution is 1.02. The third kappa shape index (κ3) is 3.96.